The van der Waals surface area contributed by atoms with Crippen molar-refractivity contribution >= 4 is 11.9 Å². The summed E-state index contributed by atoms with van der Waals surface area (Å²) in [6, 6.07) is -0.639. The molecule has 3 rings (SSSR count). The van der Waals surface area contributed by atoms with Crippen molar-refractivity contribution in [3.8, 4) is 0 Å². The molecule has 0 aliphatic heterocycles. The lowest BCUT2D eigenvalue weighted by Crippen LogP contribution is -2.43. The van der Waals surface area contributed by atoms with Gasteiger partial charge in [-0.3, -0.25) is 4.79 Å². The van der Waals surface area contributed by atoms with E-state index in [9.17, 15) is 9.59 Å². The molecule has 0 bridgehead atoms. The standard InChI is InChI=1S/C15H23NO3/c17-14(16-13(15(18)19)10-6-7-10)12-8-11(12)9-4-2-1-3-5-9/h9-13H,1-8H2,(H,16,17)(H,18,19). The molecular formula is C15H23NO3. The molecule has 4 nitrogen and oxygen atoms in total. The first-order valence-corrected chi connectivity index (χ1v) is 7.70. The van der Waals surface area contributed by atoms with Gasteiger partial charge in [0, 0.05) is 5.92 Å². The molecule has 0 aromatic rings. The quantitative estimate of drug-likeness (QED) is 0.800. The highest BCUT2D eigenvalue weighted by Crippen LogP contribution is 2.49. The fourth-order valence-corrected chi connectivity index (χ4v) is 3.67. The van der Waals surface area contributed by atoms with E-state index in [0.717, 1.165) is 19.3 Å². The van der Waals surface area contributed by atoms with E-state index >= 15 is 0 Å². The van der Waals surface area contributed by atoms with Crippen LogP contribution in [0, 0.1) is 23.7 Å². The summed E-state index contributed by atoms with van der Waals surface area (Å²) in [4.78, 5) is 23.3. The van der Waals surface area contributed by atoms with Crippen LogP contribution in [0.3, 0.4) is 0 Å². The van der Waals surface area contributed by atoms with Crippen LogP contribution >= 0.6 is 0 Å². The average Bonchev–Trinajstić information content (AvgIpc) is 3.29. The number of carboxylic acids is 1. The van der Waals surface area contributed by atoms with E-state index in [1.165, 1.54) is 32.1 Å². The van der Waals surface area contributed by atoms with Crippen LogP contribution in [-0.4, -0.2) is 23.0 Å². The summed E-state index contributed by atoms with van der Waals surface area (Å²) in [5, 5.41) is 11.9. The lowest BCUT2D eigenvalue weighted by atomic mass is 9.85. The fraction of sp³-hybridized carbons (Fsp3) is 0.867. The third-order valence-corrected chi connectivity index (χ3v) is 5.09. The van der Waals surface area contributed by atoms with Crippen molar-refractivity contribution in [2.24, 2.45) is 23.7 Å². The Hall–Kier alpha value is -1.06. The summed E-state index contributed by atoms with van der Waals surface area (Å²) in [5.74, 6) is 0.653. The Balaban J connectivity index is 1.50. The van der Waals surface area contributed by atoms with Crippen LogP contribution in [0.4, 0.5) is 0 Å². The third kappa shape index (κ3) is 2.93. The molecule has 0 saturated heterocycles. The van der Waals surface area contributed by atoms with Gasteiger partial charge in [-0.25, -0.2) is 4.79 Å². The van der Waals surface area contributed by atoms with Crippen molar-refractivity contribution < 1.29 is 14.7 Å². The fourth-order valence-electron chi connectivity index (χ4n) is 3.67. The van der Waals surface area contributed by atoms with Crippen LogP contribution in [0.15, 0.2) is 0 Å². The summed E-state index contributed by atoms with van der Waals surface area (Å²) < 4.78 is 0. The molecule has 0 radical (unpaired) electrons. The number of hydrogen-bond donors (Lipinski definition) is 2. The first kappa shape index (κ1) is 12.9. The second kappa shape index (κ2) is 5.14. The Morgan fingerprint density at radius 3 is 2.32 bits per heavy atom. The van der Waals surface area contributed by atoms with Gasteiger partial charge in [-0.05, 0) is 37.0 Å². The predicted octanol–water partition coefficient (Wildman–Crippen LogP) is 2.18. The lowest BCUT2D eigenvalue weighted by Gasteiger charge is -2.21. The van der Waals surface area contributed by atoms with E-state index < -0.39 is 12.0 Å². The normalized spacial score (nSPS) is 32.6. The van der Waals surface area contributed by atoms with Gasteiger partial charge in [-0.1, -0.05) is 32.1 Å². The summed E-state index contributed by atoms with van der Waals surface area (Å²) in [6.07, 6.45) is 9.32. The molecule has 0 aromatic carbocycles. The number of rotatable bonds is 5. The molecule has 3 aliphatic carbocycles. The Morgan fingerprint density at radius 2 is 1.74 bits per heavy atom. The lowest BCUT2D eigenvalue weighted by molar-refractivity contribution is -0.142. The third-order valence-electron chi connectivity index (χ3n) is 5.09. The number of nitrogens with one attached hydrogen (secondary N) is 1. The van der Waals surface area contributed by atoms with Gasteiger partial charge >= 0.3 is 5.97 Å². The molecule has 0 aromatic heterocycles. The van der Waals surface area contributed by atoms with Gasteiger partial charge in [0.25, 0.3) is 0 Å². The van der Waals surface area contributed by atoms with Crippen LogP contribution in [0.1, 0.15) is 51.4 Å². The molecule has 4 heteroatoms. The highest BCUT2D eigenvalue weighted by atomic mass is 16.4. The SMILES string of the molecule is O=C(NC(C(=O)O)C1CC1)C1CC1C1CCCCC1. The van der Waals surface area contributed by atoms with Gasteiger partial charge in [0.1, 0.15) is 6.04 Å². The Kier molecular flexibility index (Phi) is 3.50. The van der Waals surface area contributed by atoms with Crippen molar-refractivity contribution in [1.29, 1.82) is 0 Å². The molecule has 3 unspecified atom stereocenters. The molecule has 1 amide bonds. The molecular weight excluding hydrogens is 242 g/mol. The van der Waals surface area contributed by atoms with E-state index in [1.54, 1.807) is 0 Å². The number of amides is 1. The van der Waals surface area contributed by atoms with E-state index in [2.05, 4.69) is 5.32 Å². The van der Waals surface area contributed by atoms with Crippen LogP contribution in [0.2, 0.25) is 0 Å². The smallest absolute Gasteiger partial charge is 0.326 e. The van der Waals surface area contributed by atoms with Gasteiger partial charge < -0.3 is 10.4 Å². The summed E-state index contributed by atoms with van der Waals surface area (Å²) >= 11 is 0. The maximum absolute atomic E-state index is 12.1. The van der Waals surface area contributed by atoms with E-state index in [4.69, 9.17) is 5.11 Å². The molecule has 0 spiro atoms. The molecule has 106 valence electrons. The molecule has 19 heavy (non-hydrogen) atoms. The van der Waals surface area contributed by atoms with Crippen molar-refractivity contribution in [2.45, 2.75) is 57.4 Å². The van der Waals surface area contributed by atoms with Crippen molar-refractivity contribution in [1.82, 2.24) is 5.32 Å². The zero-order chi connectivity index (χ0) is 13.4. The largest absolute Gasteiger partial charge is 0.480 e. The van der Waals surface area contributed by atoms with Crippen LogP contribution < -0.4 is 5.32 Å². The zero-order valence-electron chi connectivity index (χ0n) is 11.3. The summed E-state index contributed by atoms with van der Waals surface area (Å²) in [5.41, 5.74) is 0. The van der Waals surface area contributed by atoms with Gasteiger partial charge in [0.2, 0.25) is 5.91 Å². The monoisotopic (exact) mass is 265 g/mol. The van der Waals surface area contributed by atoms with E-state index in [1.807, 2.05) is 0 Å². The highest BCUT2D eigenvalue weighted by Gasteiger charge is 2.49. The van der Waals surface area contributed by atoms with Gasteiger partial charge in [0.05, 0.1) is 0 Å². The molecule has 3 saturated carbocycles. The van der Waals surface area contributed by atoms with Gasteiger partial charge in [-0.15, -0.1) is 0 Å². The maximum Gasteiger partial charge on any atom is 0.326 e. The van der Waals surface area contributed by atoms with Crippen LogP contribution in [-0.2, 0) is 9.59 Å². The number of carbonyl (C=O) groups excluding carboxylic acids is 1. The first-order chi connectivity index (χ1) is 9.16. The first-order valence-electron chi connectivity index (χ1n) is 7.70. The average molecular weight is 265 g/mol. The number of aliphatic carboxylic acids is 1. The van der Waals surface area contributed by atoms with Crippen LogP contribution in [0.25, 0.3) is 0 Å². The predicted molar refractivity (Wildman–Crippen MR) is 70.5 cm³/mol. The zero-order valence-corrected chi connectivity index (χ0v) is 11.3. The van der Waals surface area contributed by atoms with Crippen molar-refractivity contribution in [3.05, 3.63) is 0 Å². The van der Waals surface area contributed by atoms with E-state index in [-0.39, 0.29) is 17.7 Å². The number of carboxylic acid groups (broad SMARTS) is 1. The topological polar surface area (TPSA) is 66.4 Å². The second-order valence-electron chi connectivity index (χ2n) is 6.57. The second-order valence-corrected chi connectivity index (χ2v) is 6.57. The molecule has 3 fully saturated rings. The maximum atomic E-state index is 12.1. The molecule has 3 atom stereocenters. The summed E-state index contributed by atoms with van der Waals surface area (Å²) in [7, 11) is 0. The minimum atomic E-state index is -0.870. The summed E-state index contributed by atoms with van der Waals surface area (Å²) in [6.45, 7) is 0. The minimum Gasteiger partial charge on any atom is -0.480 e. The van der Waals surface area contributed by atoms with Crippen molar-refractivity contribution in [3.63, 3.8) is 0 Å². The Bertz CT molecular complexity index is 372. The molecule has 2 N–H and O–H groups in total. The number of hydrogen-bond acceptors (Lipinski definition) is 2. The Morgan fingerprint density at radius 1 is 1.05 bits per heavy atom. The van der Waals surface area contributed by atoms with Gasteiger partial charge in [-0.2, -0.15) is 0 Å². The number of carbonyl (C=O) groups is 2. The van der Waals surface area contributed by atoms with Gasteiger partial charge in [0.15, 0.2) is 0 Å². The Labute approximate surface area is 113 Å². The van der Waals surface area contributed by atoms with Crippen LogP contribution in [0.5, 0.6) is 0 Å². The van der Waals surface area contributed by atoms with E-state index in [0.29, 0.717) is 11.8 Å². The minimum absolute atomic E-state index is 0.00475. The highest BCUT2D eigenvalue weighted by molar-refractivity contribution is 5.87. The van der Waals surface area contributed by atoms with Crippen molar-refractivity contribution in [2.75, 3.05) is 0 Å². The molecule has 0 heterocycles. The molecule has 3 aliphatic rings.